The molecule has 1 amide bonds. The minimum absolute atomic E-state index is 0.0204. The third-order valence-corrected chi connectivity index (χ3v) is 4.52. The summed E-state index contributed by atoms with van der Waals surface area (Å²) in [6.45, 7) is 3.32. The second-order valence-corrected chi connectivity index (χ2v) is 6.04. The number of carbonyl (C=O) groups excluding carboxylic acids is 2. The van der Waals surface area contributed by atoms with E-state index >= 15 is 0 Å². The van der Waals surface area contributed by atoms with Crippen molar-refractivity contribution < 1.29 is 19.1 Å². The molecule has 1 aliphatic carbocycles. The van der Waals surface area contributed by atoms with Crippen molar-refractivity contribution in [3.8, 4) is 0 Å². The van der Waals surface area contributed by atoms with E-state index in [0.29, 0.717) is 32.7 Å². The Morgan fingerprint density at radius 3 is 2.43 bits per heavy atom. The first-order valence-corrected chi connectivity index (χ1v) is 7.89. The van der Waals surface area contributed by atoms with Crippen LogP contribution in [0.25, 0.3) is 0 Å². The van der Waals surface area contributed by atoms with E-state index in [1.165, 1.54) is 0 Å². The fourth-order valence-electron chi connectivity index (χ4n) is 3.03. The minimum Gasteiger partial charge on any atom is -0.466 e. The maximum Gasteiger partial charge on any atom is 0.308 e. The van der Waals surface area contributed by atoms with Gasteiger partial charge < -0.3 is 20.5 Å². The van der Waals surface area contributed by atoms with Gasteiger partial charge in [-0.1, -0.05) is 0 Å². The normalized spacial score (nSPS) is 28.7. The third-order valence-electron chi connectivity index (χ3n) is 4.52. The van der Waals surface area contributed by atoms with Crippen molar-refractivity contribution >= 4 is 11.9 Å². The second-order valence-electron chi connectivity index (χ2n) is 6.04. The van der Waals surface area contributed by atoms with Crippen molar-refractivity contribution in [1.82, 2.24) is 5.32 Å². The van der Waals surface area contributed by atoms with Gasteiger partial charge in [-0.25, -0.2) is 0 Å². The van der Waals surface area contributed by atoms with Crippen LogP contribution in [0.4, 0.5) is 0 Å². The highest BCUT2D eigenvalue weighted by molar-refractivity contribution is 5.86. The predicted octanol–water partition coefficient (Wildman–Crippen LogP) is 0.732. The fourth-order valence-corrected chi connectivity index (χ4v) is 3.03. The Morgan fingerprint density at radius 2 is 1.86 bits per heavy atom. The second kappa shape index (κ2) is 7.22. The van der Waals surface area contributed by atoms with Gasteiger partial charge in [0.25, 0.3) is 0 Å². The number of ether oxygens (including phenoxy) is 2. The van der Waals surface area contributed by atoms with Crippen molar-refractivity contribution in [3.63, 3.8) is 0 Å². The molecule has 0 unspecified atom stereocenters. The molecule has 1 aliphatic heterocycles. The number of amides is 1. The molecule has 120 valence electrons. The molecule has 0 aromatic carbocycles. The SMILES string of the molecule is CCOC(=O)C1CCC(NC(=O)C2(N)CCOCC2)CC1. The first kappa shape index (κ1) is 16.2. The molecule has 1 heterocycles. The summed E-state index contributed by atoms with van der Waals surface area (Å²) < 4.78 is 10.3. The first-order chi connectivity index (χ1) is 10.0. The molecule has 21 heavy (non-hydrogen) atoms. The fraction of sp³-hybridized carbons (Fsp3) is 0.867. The number of rotatable bonds is 4. The quantitative estimate of drug-likeness (QED) is 0.747. The highest BCUT2D eigenvalue weighted by atomic mass is 16.5. The molecule has 0 bridgehead atoms. The van der Waals surface area contributed by atoms with Gasteiger partial charge in [-0.2, -0.15) is 0 Å². The third kappa shape index (κ3) is 4.17. The van der Waals surface area contributed by atoms with Crippen LogP contribution in [0, 0.1) is 5.92 Å². The largest absolute Gasteiger partial charge is 0.466 e. The van der Waals surface area contributed by atoms with Gasteiger partial charge in [-0.3, -0.25) is 9.59 Å². The maximum absolute atomic E-state index is 12.3. The Hall–Kier alpha value is -1.14. The number of carbonyl (C=O) groups is 2. The zero-order chi connectivity index (χ0) is 15.3. The highest BCUT2D eigenvalue weighted by Gasteiger charge is 2.37. The predicted molar refractivity (Wildman–Crippen MR) is 77.5 cm³/mol. The highest BCUT2D eigenvalue weighted by Crippen LogP contribution is 2.26. The molecule has 0 radical (unpaired) electrons. The standard InChI is InChI=1S/C15H26N2O4/c1-2-21-13(18)11-3-5-12(6-4-11)17-14(19)15(16)7-9-20-10-8-15/h11-12H,2-10,16H2,1H3,(H,17,19). The van der Waals surface area contributed by atoms with E-state index in [4.69, 9.17) is 15.2 Å². The number of esters is 1. The lowest BCUT2D eigenvalue weighted by Gasteiger charge is -2.35. The Morgan fingerprint density at radius 1 is 1.24 bits per heavy atom. The van der Waals surface area contributed by atoms with Gasteiger partial charge in [-0.05, 0) is 45.4 Å². The van der Waals surface area contributed by atoms with Crippen molar-refractivity contribution in [2.75, 3.05) is 19.8 Å². The zero-order valence-corrected chi connectivity index (χ0v) is 12.7. The van der Waals surface area contributed by atoms with Crippen LogP contribution >= 0.6 is 0 Å². The lowest BCUT2D eigenvalue weighted by molar-refractivity contribution is -0.149. The average Bonchev–Trinajstić information content (AvgIpc) is 2.49. The van der Waals surface area contributed by atoms with E-state index in [-0.39, 0.29) is 23.8 Å². The molecule has 6 heteroatoms. The summed E-state index contributed by atoms with van der Waals surface area (Å²) in [5.41, 5.74) is 5.37. The Kier molecular flexibility index (Phi) is 5.58. The first-order valence-electron chi connectivity index (χ1n) is 7.89. The maximum atomic E-state index is 12.3. The van der Waals surface area contributed by atoms with Crippen LogP contribution in [0.3, 0.4) is 0 Å². The van der Waals surface area contributed by atoms with Crippen LogP contribution in [0.1, 0.15) is 45.4 Å². The molecule has 1 saturated heterocycles. The molecule has 3 N–H and O–H groups in total. The summed E-state index contributed by atoms with van der Waals surface area (Å²) in [6, 6.07) is 0.117. The van der Waals surface area contributed by atoms with Crippen LogP contribution in [0.2, 0.25) is 0 Å². The lowest BCUT2D eigenvalue weighted by Crippen LogP contribution is -2.59. The molecule has 1 saturated carbocycles. The topological polar surface area (TPSA) is 90.7 Å². The molecule has 0 aromatic rings. The van der Waals surface area contributed by atoms with E-state index in [9.17, 15) is 9.59 Å². The molecule has 0 atom stereocenters. The lowest BCUT2D eigenvalue weighted by atomic mass is 9.84. The summed E-state index contributed by atoms with van der Waals surface area (Å²) in [5.74, 6) is -0.208. The van der Waals surface area contributed by atoms with Crippen molar-refractivity contribution in [2.24, 2.45) is 11.7 Å². The van der Waals surface area contributed by atoms with Crippen LogP contribution in [0.5, 0.6) is 0 Å². The van der Waals surface area contributed by atoms with E-state index in [2.05, 4.69) is 5.32 Å². The number of nitrogens with two attached hydrogens (primary N) is 1. The Labute approximate surface area is 125 Å². The summed E-state index contributed by atoms with van der Waals surface area (Å²) in [7, 11) is 0. The van der Waals surface area contributed by atoms with Crippen molar-refractivity contribution in [1.29, 1.82) is 0 Å². The van der Waals surface area contributed by atoms with E-state index in [1.54, 1.807) is 0 Å². The summed E-state index contributed by atoms with van der Waals surface area (Å²) in [6.07, 6.45) is 4.28. The molecular formula is C15H26N2O4. The Balaban J connectivity index is 1.78. The van der Waals surface area contributed by atoms with Gasteiger partial charge in [-0.15, -0.1) is 0 Å². The number of hydrogen-bond acceptors (Lipinski definition) is 5. The van der Waals surface area contributed by atoms with E-state index in [0.717, 1.165) is 25.7 Å². The van der Waals surface area contributed by atoms with Gasteiger partial charge in [0.05, 0.1) is 18.1 Å². The number of nitrogens with one attached hydrogen (secondary N) is 1. The van der Waals surface area contributed by atoms with E-state index in [1.807, 2.05) is 6.92 Å². The van der Waals surface area contributed by atoms with E-state index < -0.39 is 5.54 Å². The van der Waals surface area contributed by atoms with Gasteiger partial charge in [0, 0.05) is 19.3 Å². The van der Waals surface area contributed by atoms with Crippen LogP contribution in [-0.2, 0) is 19.1 Å². The average molecular weight is 298 g/mol. The molecule has 2 fully saturated rings. The molecular weight excluding hydrogens is 272 g/mol. The molecule has 0 aromatic heterocycles. The summed E-state index contributed by atoms with van der Waals surface area (Å²) >= 11 is 0. The zero-order valence-electron chi connectivity index (χ0n) is 12.7. The number of hydrogen-bond donors (Lipinski definition) is 2. The van der Waals surface area contributed by atoms with Crippen LogP contribution in [0.15, 0.2) is 0 Å². The molecule has 2 rings (SSSR count). The smallest absolute Gasteiger partial charge is 0.308 e. The monoisotopic (exact) mass is 298 g/mol. The van der Waals surface area contributed by atoms with Gasteiger partial charge in [0.15, 0.2) is 0 Å². The Bertz CT molecular complexity index is 372. The molecule has 6 nitrogen and oxygen atoms in total. The van der Waals surface area contributed by atoms with Crippen molar-refractivity contribution in [3.05, 3.63) is 0 Å². The molecule has 2 aliphatic rings. The minimum atomic E-state index is -0.795. The van der Waals surface area contributed by atoms with Crippen LogP contribution < -0.4 is 11.1 Å². The van der Waals surface area contributed by atoms with Crippen LogP contribution in [-0.4, -0.2) is 43.3 Å². The van der Waals surface area contributed by atoms with Gasteiger partial charge in [0.1, 0.15) is 0 Å². The summed E-state index contributed by atoms with van der Waals surface area (Å²) in [4.78, 5) is 24.0. The van der Waals surface area contributed by atoms with Gasteiger partial charge in [0.2, 0.25) is 5.91 Å². The van der Waals surface area contributed by atoms with Crippen molar-refractivity contribution in [2.45, 2.75) is 57.0 Å². The van der Waals surface area contributed by atoms with Gasteiger partial charge >= 0.3 is 5.97 Å². The summed E-state index contributed by atoms with van der Waals surface area (Å²) in [5, 5.41) is 3.05. The molecule has 0 spiro atoms.